The highest BCUT2D eigenvalue weighted by Gasteiger charge is 2.21. The fourth-order valence-corrected chi connectivity index (χ4v) is 2.31. The molecule has 1 aliphatic heterocycles. The van der Waals surface area contributed by atoms with Gasteiger partial charge < -0.3 is 10.5 Å². The van der Waals surface area contributed by atoms with Gasteiger partial charge in [-0.1, -0.05) is 29.3 Å². The molecule has 0 amide bonds. The van der Waals surface area contributed by atoms with E-state index in [1.54, 1.807) is 0 Å². The molecule has 0 bridgehead atoms. The van der Waals surface area contributed by atoms with Crippen molar-refractivity contribution in [1.82, 2.24) is 4.90 Å². The number of ether oxygens (including phenoxy) is 1. The molecule has 1 aliphatic rings. The van der Waals surface area contributed by atoms with E-state index in [1.165, 1.54) is 0 Å². The number of hydrogen-bond donors (Lipinski definition) is 1. The van der Waals surface area contributed by atoms with Gasteiger partial charge in [0.05, 0.1) is 23.3 Å². The smallest absolute Gasteiger partial charge is 0.0634 e. The van der Waals surface area contributed by atoms with E-state index < -0.39 is 0 Å². The Balaban J connectivity index is 0.00000162. The number of nitrogens with two attached hydrogens (primary N) is 1. The summed E-state index contributed by atoms with van der Waals surface area (Å²) >= 11 is 11.9. The van der Waals surface area contributed by atoms with Crippen LogP contribution in [0.3, 0.4) is 0 Å². The number of rotatable bonds is 3. The molecule has 2 N–H and O–H groups in total. The summed E-state index contributed by atoms with van der Waals surface area (Å²) in [7, 11) is 0. The van der Waals surface area contributed by atoms with E-state index in [9.17, 15) is 0 Å². The Hall–Kier alpha value is 0.260. The summed E-state index contributed by atoms with van der Waals surface area (Å²) < 4.78 is 5.41. The number of benzene rings is 1. The monoisotopic (exact) mass is 346 g/mol. The van der Waals surface area contributed by atoms with Crippen LogP contribution in [0.15, 0.2) is 18.2 Å². The maximum Gasteiger partial charge on any atom is 0.0634 e. The van der Waals surface area contributed by atoms with Crippen LogP contribution in [0.25, 0.3) is 0 Å². The van der Waals surface area contributed by atoms with Crippen molar-refractivity contribution in [1.29, 1.82) is 0 Å². The van der Waals surface area contributed by atoms with Gasteiger partial charge in [0.25, 0.3) is 0 Å². The predicted molar refractivity (Wildman–Crippen MR) is 85.0 cm³/mol. The number of halogens is 4. The molecule has 0 aromatic heterocycles. The Labute approximate surface area is 136 Å². The second-order valence-corrected chi connectivity index (χ2v) is 5.00. The molecule has 1 saturated heterocycles. The molecule has 1 unspecified atom stereocenters. The Kier molecular flexibility index (Phi) is 9.37. The minimum atomic E-state index is 0. The molecule has 0 radical (unpaired) electrons. The molecule has 1 fully saturated rings. The van der Waals surface area contributed by atoms with Crippen LogP contribution in [0, 0.1) is 0 Å². The molecule has 2 rings (SSSR count). The lowest BCUT2D eigenvalue weighted by molar-refractivity contribution is -0.00792. The van der Waals surface area contributed by atoms with Gasteiger partial charge in [0.15, 0.2) is 0 Å². The van der Waals surface area contributed by atoms with E-state index in [0.717, 1.165) is 25.3 Å². The molecule has 0 aliphatic carbocycles. The van der Waals surface area contributed by atoms with E-state index in [4.69, 9.17) is 33.7 Å². The van der Waals surface area contributed by atoms with E-state index in [0.29, 0.717) is 29.2 Å². The molecule has 7 heteroatoms. The van der Waals surface area contributed by atoms with E-state index in [-0.39, 0.29) is 24.8 Å². The summed E-state index contributed by atoms with van der Waals surface area (Å²) in [5.41, 5.74) is 6.89. The highest BCUT2D eigenvalue weighted by Crippen LogP contribution is 2.23. The van der Waals surface area contributed by atoms with Crippen LogP contribution in [0.5, 0.6) is 0 Å². The van der Waals surface area contributed by atoms with Gasteiger partial charge in [0, 0.05) is 25.7 Å². The topological polar surface area (TPSA) is 38.5 Å². The Bertz CT molecular complexity index is 392. The first-order valence-corrected chi connectivity index (χ1v) is 6.42. The maximum absolute atomic E-state index is 6.00. The quantitative estimate of drug-likeness (QED) is 0.913. The molecular formula is C12H18Cl4N2O. The molecule has 19 heavy (non-hydrogen) atoms. The third-order valence-electron chi connectivity index (χ3n) is 2.99. The molecule has 0 spiro atoms. The Morgan fingerprint density at radius 3 is 2.63 bits per heavy atom. The van der Waals surface area contributed by atoms with Crippen LogP contribution in [0.1, 0.15) is 5.56 Å². The van der Waals surface area contributed by atoms with Gasteiger partial charge in [0.1, 0.15) is 0 Å². The average molecular weight is 348 g/mol. The van der Waals surface area contributed by atoms with E-state index in [1.807, 2.05) is 18.2 Å². The fraction of sp³-hybridized carbons (Fsp3) is 0.500. The zero-order chi connectivity index (χ0) is 12.3. The molecule has 3 nitrogen and oxygen atoms in total. The van der Waals surface area contributed by atoms with Crippen molar-refractivity contribution in [3.8, 4) is 0 Å². The molecule has 0 saturated carbocycles. The summed E-state index contributed by atoms with van der Waals surface area (Å²) in [6.45, 7) is 3.82. The largest absolute Gasteiger partial charge is 0.378 e. The van der Waals surface area contributed by atoms with E-state index >= 15 is 0 Å². The second kappa shape index (κ2) is 9.24. The van der Waals surface area contributed by atoms with Crippen LogP contribution < -0.4 is 5.73 Å². The average Bonchev–Trinajstić information content (AvgIpc) is 2.34. The zero-order valence-corrected chi connectivity index (χ0v) is 13.5. The van der Waals surface area contributed by atoms with Crippen LogP contribution >= 0.6 is 48.0 Å². The third-order valence-corrected chi connectivity index (χ3v) is 3.73. The summed E-state index contributed by atoms with van der Waals surface area (Å²) in [6.07, 6.45) is 0. The summed E-state index contributed by atoms with van der Waals surface area (Å²) in [4.78, 5) is 2.32. The van der Waals surface area contributed by atoms with Crippen molar-refractivity contribution in [2.24, 2.45) is 5.73 Å². The minimum absolute atomic E-state index is 0. The molecular weight excluding hydrogens is 330 g/mol. The highest BCUT2D eigenvalue weighted by molar-refractivity contribution is 6.42. The van der Waals surface area contributed by atoms with Gasteiger partial charge in [-0.15, -0.1) is 24.8 Å². The Morgan fingerprint density at radius 1 is 1.26 bits per heavy atom. The standard InChI is InChI=1S/C12H16Cl2N2O.2ClH/c13-11-2-1-9(5-12(11)14)7-16-3-4-17-8-10(16)6-15;;/h1-2,5,10H,3-4,6-8,15H2;2*1H. The third kappa shape index (κ3) is 5.27. The second-order valence-electron chi connectivity index (χ2n) is 4.18. The van der Waals surface area contributed by atoms with Crippen LogP contribution in [0.2, 0.25) is 10.0 Å². The first-order valence-electron chi connectivity index (χ1n) is 5.66. The molecule has 1 atom stereocenters. The van der Waals surface area contributed by atoms with Crippen molar-refractivity contribution in [3.05, 3.63) is 33.8 Å². The van der Waals surface area contributed by atoms with Gasteiger partial charge in [-0.2, -0.15) is 0 Å². The normalized spacial score (nSPS) is 19.4. The highest BCUT2D eigenvalue weighted by atomic mass is 35.5. The number of hydrogen-bond acceptors (Lipinski definition) is 3. The van der Waals surface area contributed by atoms with Crippen LogP contribution in [-0.4, -0.2) is 37.2 Å². The lowest BCUT2D eigenvalue weighted by Crippen LogP contribution is -2.48. The fourth-order valence-electron chi connectivity index (χ4n) is 1.99. The Morgan fingerprint density at radius 2 is 2.00 bits per heavy atom. The van der Waals surface area contributed by atoms with Crippen molar-refractivity contribution in [3.63, 3.8) is 0 Å². The molecule has 1 aromatic carbocycles. The predicted octanol–water partition coefficient (Wildman–Crippen LogP) is 3.00. The number of nitrogens with zero attached hydrogens (tertiary/aromatic N) is 1. The van der Waals surface area contributed by atoms with Gasteiger partial charge >= 0.3 is 0 Å². The van der Waals surface area contributed by atoms with Gasteiger partial charge in [-0.3, -0.25) is 4.90 Å². The van der Waals surface area contributed by atoms with Crippen molar-refractivity contribution in [2.75, 3.05) is 26.3 Å². The van der Waals surface area contributed by atoms with E-state index in [2.05, 4.69) is 4.90 Å². The lowest BCUT2D eigenvalue weighted by Gasteiger charge is -2.34. The van der Waals surface area contributed by atoms with Crippen molar-refractivity contribution < 1.29 is 4.74 Å². The molecule has 1 aromatic rings. The SMILES string of the molecule is Cl.Cl.NCC1COCCN1Cc1ccc(Cl)c(Cl)c1. The van der Waals surface area contributed by atoms with Crippen molar-refractivity contribution in [2.45, 2.75) is 12.6 Å². The summed E-state index contributed by atoms with van der Waals surface area (Å²) in [5, 5.41) is 1.19. The van der Waals surface area contributed by atoms with Crippen molar-refractivity contribution >= 4 is 48.0 Å². The number of morpholine rings is 1. The van der Waals surface area contributed by atoms with Crippen LogP contribution in [0.4, 0.5) is 0 Å². The first-order chi connectivity index (χ1) is 8.20. The summed E-state index contributed by atoms with van der Waals surface area (Å²) in [6, 6.07) is 6.03. The minimum Gasteiger partial charge on any atom is -0.378 e. The molecule has 1 heterocycles. The summed E-state index contributed by atoms with van der Waals surface area (Å²) in [5.74, 6) is 0. The van der Waals surface area contributed by atoms with Gasteiger partial charge in [-0.05, 0) is 17.7 Å². The first kappa shape index (κ1) is 19.3. The maximum atomic E-state index is 6.00. The van der Waals surface area contributed by atoms with Crippen LogP contribution in [-0.2, 0) is 11.3 Å². The van der Waals surface area contributed by atoms with Gasteiger partial charge in [-0.25, -0.2) is 0 Å². The molecule has 110 valence electrons. The zero-order valence-electron chi connectivity index (χ0n) is 10.4. The van der Waals surface area contributed by atoms with Gasteiger partial charge in [0.2, 0.25) is 0 Å². The lowest BCUT2D eigenvalue weighted by atomic mass is 10.1.